The van der Waals surface area contributed by atoms with Crippen molar-refractivity contribution in [1.82, 2.24) is 4.31 Å². The van der Waals surface area contributed by atoms with Gasteiger partial charge >= 0.3 is 0 Å². The standard InChI is InChI=1S/C20H24N2O4S/c1-15-5-7-16(8-6-15)13-20(23)21-18-14-17(9-10-19(18)26-2)27(24,25)22-11-3-4-12-22/h5-10,14H,3-4,11-13H2,1-2H3,(H,21,23). The molecular weight excluding hydrogens is 364 g/mol. The molecule has 0 aliphatic carbocycles. The molecular formula is C20H24N2O4S. The molecule has 0 bridgehead atoms. The highest BCUT2D eigenvalue weighted by Gasteiger charge is 2.28. The summed E-state index contributed by atoms with van der Waals surface area (Å²) in [5, 5.41) is 2.78. The largest absolute Gasteiger partial charge is 0.495 e. The summed E-state index contributed by atoms with van der Waals surface area (Å²) in [6.45, 7) is 3.05. The van der Waals surface area contributed by atoms with Crippen LogP contribution >= 0.6 is 0 Å². The lowest BCUT2D eigenvalue weighted by Crippen LogP contribution is -2.28. The number of carbonyl (C=O) groups excluding carboxylic acids is 1. The molecule has 0 saturated carbocycles. The van der Waals surface area contributed by atoms with Crippen molar-refractivity contribution in [1.29, 1.82) is 0 Å². The Kier molecular flexibility index (Phi) is 5.82. The van der Waals surface area contributed by atoms with Gasteiger partial charge in [-0.2, -0.15) is 4.31 Å². The van der Waals surface area contributed by atoms with Gasteiger partial charge in [-0.15, -0.1) is 0 Å². The molecule has 1 saturated heterocycles. The second-order valence-electron chi connectivity index (χ2n) is 6.68. The molecule has 1 aliphatic rings. The molecule has 3 rings (SSSR count). The Labute approximate surface area is 160 Å². The highest BCUT2D eigenvalue weighted by Crippen LogP contribution is 2.30. The van der Waals surface area contributed by atoms with Gasteiger partial charge in [0.15, 0.2) is 0 Å². The Bertz CT molecular complexity index is 917. The zero-order valence-corrected chi connectivity index (χ0v) is 16.4. The predicted molar refractivity (Wildman–Crippen MR) is 104 cm³/mol. The van der Waals surface area contributed by atoms with E-state index in [9.17, 15) is 13.2 Å². The quantitative estimate of drug-likeness (QED) is 0.825. The van der Waals surface area contributed by atoms with Gasteiger partial charge in [0, 0.05) is 13.1 Å². The van der Waals surface area contributed by atoms with Crippen molar-refractivity contribution < 1.29 is 17.9 Å². The molecule has 7 heteroatoms. The lowest BCUT2D eigenvalue weighted by atomic mass is 10.1. The van der Waals surface area contributed by atoms with E-state index in [-0.39, 0.29) is 17.2 Å². The van der Waals surface area contributed by atoms with Crippen LogP contribution in [0, 0.1) is 6.92 Å². The Morgan fingerprint density at radius 2 is 1.78 bits per heavy atom. The van der Waals surface area contributed by atoms with Crippen LogP contribution < -0.4 is 10.1 Å². The van der Waals surface area contributed by atoms with Gasteiger partial charge in [0.1, 0.15) is 5.75 Å². The first-order chi connectivity index (χ1) is 12.9. The normalized spacial score (nSPS) is 14.9. The highest BCUT2D eigenvalue weighted by molar-refractivity contribution is 7.89. The molecule has 0 radical (unpaired) electrons. The van der Waals surface area contributed by atoms with Crippen LogP contribution in [0.4, 0.5) is 5.69 Å². The van der Waals surface area contributed by atoms with Crippen molar-refractivity contribution in [2.24, 2.45) is 0 Å². The van der Waals surface area contributed by atoms with E-state index in [4.69, 9.17) is 4.74 Å². The molecule has 6 nitrogen and oxygen atoms in total. The third kappa shape index (κ3) is 4.48. The summed E-state index contributed by atoms with van der Waals surface area (Å²) < 4.78 is 32.3. The van der Waals surface area contributed by atoms with Crippen molar-refractivity contribution in [3.8, 4) is 5.75 Å². The maximum absolute atomic E-state index is 12.8. The first kappa shape index (κ1) is 19.4. The molecule has 1 amide bonds. The molecule has 0 spiro atoms. The summed E-state index contributed by atoms with van der Waals surface area (Å²) in [6.07, 6.45) is 1.94. The van der Waals surface area contributed by atoms with Gasteiger partial charge in [0.05, 0.1) is 24.1 Å². The third-order valence-electron chi connectivity index (χ3n) is 4.63. The number of benzene rings is 2. The zero-order valence-electron chi connectivity index (χ0n) is 15.6. The second-order valence-corrected chi connectivity index (χ2v) is 8.62. The minimum absolute atomic E-state index is 0.163. The van der Waals surface area contributed by atoms with Crippen LogP contribution in [0.15, 0.2) is 47.4 Å². The van der Waals surface area contributed by atoms with E-state index in [0.717, 1.165) is 24.0 Å². The van der Waals surface area contributed by atoms with Gasteiger partial charge in [-0.25, -0.2) is 8.42 Å². The zero-order chi connectivity index (χ0) is 19.4. The molecule has 0 atom stereocenters. The number of amides is 1. The predicted octanol–water partition coefficient (Wildman–Crippen LogP) is 2.97. The second kappa shape index (κ2) is 8.10. The number of aryl methyl sites for hydroxylation is 1. The van der Waals surface area contributed by atoms with Crippen LogP contribution in [-0.4, -0.2) is 38.8 Å². The lowest BCUT2D eigenvalue weighted by molar-refractivity contribution is -0.115. The summed E-state index contributed by atoms with van der Waals surface area (Å²) in [7, 11) is -2.07. The van der Waals surface area contributed by atoms with Crippen LogP contribution in [0.25, 0.3) is 0 Å². The molecule has 1 heterocycles. The summed E-state index contributed by atoms with van der Waals surface area (Å²) in [5.41, 5.74) is 2.37. The molecule has 0 aromatic heterocycles. The van der Waals surface area contributed by atoms with Crippen molar-refractivity contribution in [3.05, 3.63) is 53.6 Å². The fourth-order valence-corrected chi connectivity index (χ4v) is 4.65. The molecule has 27 heavy (non-hydrogen) atoms. The van der Waals surface area contributed by atoms with E-state index in [1.54, 1.807) is 6.07 Å². The molecule has 144 valence electrons. The van der Waals surface area contributed by atoms with E-state index in [0.29, 0.717) is 24.5 Å². The molecule has 1 N–H and O–H groups in total. The van der Waals surface area contributed by atoms with Crippen molar-refractivity contribution in [2.45, 2.75) is 31.1 Å². The number of ether oxygens (including phenoxy) is 1. The molecule has 1 fully saturated rings. The van der Waals surface area contributed by atoms with Gasteiger partial charge in [0.2, 0.25) is 15.9 Å². The smallest absolute Gasteiger partial charge is 0.243 e. The van der Waals surface area contributed by atoms with E-state index in [1.807, 2.05) is 31.2 Å². The average molecular weight is 388 g/mol. The number of nitrogens with zero attached hydrogens (tertiary/aromatic N) is 1. The monoisotopic (exact) mass is 388 g/mol. The number of methoxy groups -OCH3 is 1. The fraction of sp³-hybridized carbons (Fsp3) is 0.350. The number of sulfonamides is 1. The van der Waals surface area contributed by atoms with Gasteiger partial charge in [-0.05, 0) is 43.5 Å². The van der Waals surface area contributed by atoms with Crippen molar-refractivity contribution in [2.75, 3.05) is 25.5 Å². The minimum Gasteiger partial charge on any atom is -0.495 e. The maximum atomic E-state index is 12.8. The number of hydrogen-bond donors (Lipinski definition) is 1. The van der Waals surface area contributed by atoms with E-state index < -0.39 is 10.0 Å². The Morgan fingerprint density at radius 1 is 1.11 bits per heavy atom. The minimum atomic E-state index is -3.56. The Hall–Kier alpha value is -2.38. The average Bonchev–Trinajstić information content (AvgIpc) is 3.19. The first-order valence-electron chi connectivity index (χ1n) is 8.94. The van der Waals surface area contributed by atoms with Gasteiger partial charge < -0.3 is 10.1 Å². The molecule has 2 aromatic rings. The van der Waals surface area contributed by atoms with Crippen LogP contribution in [0.1, 0.15) is 24.0 Å². The molecule has 0 unspecified atom stereocenters. The van der Waals surface area contributed by atoms with Crippen molar-refractivity contribution in [3.63, 3.8) is 0 Å². The first-order valence-corrected chi connectivity index (χ1v) is 10.4. The van der Waals surface area contributed by atoms with Crippen LogP contribution in [-0.2, 0) is 21.2 Å². The SMILES string of the molecule is COc1ccc(S(=O)(=O)N2CCCC2)cc1NC(=O)Cc1ccc(C)cc1. The number of carbonyl (C=O) groups is 1. The topological polar surface area (TPSA) is 75.7 Å². The number of hydrogen-bond acceptors (Lipinski definition) is 4. The summed E-state index contributed by atoms with van der Waals surface area (Å²) in [5.74, 6) is 0.195. The van der Waals surface area contributed by atoms with Crippen molar-refractivity contribution >= 4 is 21.6 Å². The third-order valence-corrected chi connectivity index (χ3v) is 6.53. The van der Waals surface area contributed by atoms with E-state index >= 15 is 0 Å². The van der Waals surface area contributed by atoms with Crippen LogP contribution in [0.3, 0.4) is 0 Å². The summed E-state index contributed by atoms with van der Waals surface area (Å²) >= 11 is 0. The van der Waals surface area contributed by atoms with Gasteiger partial charge in [-0.3, -0.25) is 4.79 Å². The lowest BCUT2D eigenvalue weighted by Gasteiger charge is -2.17. The summed E-state index contributed by atoms with van der Waals surface area (Å²) in [6, 6.07) is 12.3. The van der Waals surface area contributed by atoms with E-state index in [1.165, 1.54) is 23.5 Å². The molecule has 1 aliphatic heterocycles. The number of anilines is 1. The van der Waals surface area contributed by atoms with Crippen LogP contribution in [0.2, 0.25) is 0 Å². The maximum Gasteiger partial charge on any atom is 0.243 e. The van der Waals surface area contributed by atoms with E-state index in [2.05, 4.69) is 5.32 Å². The van der Waals surface area contributed by atoms with Gasteiger partial charge in [0.25, 0.3) is 0 Å². The number of nitrogens with one attached hydrogen (secondary N) is 1. The Balaban J connectivity index is 1.81. The highest BCUT2D eigenvalue weighted by atomic mass is 32.2. The number of rotatable bonds is 6. The van der Waals surface area contributed by atoms with Gasteiger partial charge in [-0.1, -0.05) is 29.8 Å². The summed E-state index contributed by atoms with van der Waals surface area (Å²) in [4.78, 5) is 12.6. The van der Waals surface area contributed by atoms with Crippen LogP contribution in [0.5, 0.6) is 5.75 Å². The molecule has 2 aromatic carbocycles. The fourth-order valence-electron chi connectivity index (χ4n) is 3.11. The Morgan fingerprint density at radius 3 is 2.41 bits per heavy atom.